The zero-order valence-corrected chi connectivity index (χ0v) is 38.0. The first-order chi connectivity index (χ1) is 31.0. The van der Waals surface area contributed by atoms with E-state index in [1.54, 1.807) is 72.8 Å². The van der Waals surface area contributed by atoms with Crippen LogP contribution in [0.3, 0.4) is 0 Å². The van der Waals surface area contributed by atoms with Crippen molar-refractivity contribution in [1.82, 2.24) is 24.8 Å². The Morgan fingerprint density at radius 3 is 2.02 bits per heavy atom. The molecular weight excluding hydrogens is 916 g/mol. The molecule has 65 heavy (non-hydrogen) atoms. The van der Waals surface area contributed by atoms with Gasteiger partial charge >= 0.3 is 5.97 Å². The molecule has 0 aliphatic carbocycles. The smallest absolute Gasteiger partial charge is 0.306 e. The van der Waals surface area contributed by atoms with Crippen LogP contribution in [0.5, 0.6) is 0 Å². The van der Waals surface area contributed by atoms with Gasteiger partial charge in [-0.1, -0.05) is 95.6 Å². The number of ketones is 3. The lowest BCUT2D eigenvalue weighted by molar-refractivity contribution is -0.142. The molecule has 0 radical (unpaired) electrons. The minimum Gasteiger partial charge on any atom is -0.481 e. The Morgan fingerprint density at radius 1 is 0.785 bits per heavy atom. The molecule has 3 heterocycles. The number of piperidine rings is 1. The number of Topliss-reactive ketones (excluding diaryl/α,β-unsaturated/α-hetero) is 3. The van der Waals surface area contributed by atoms with Crippen LogP contribution >= 0.6 is 46.4 Å². The average Bonchev–Trinajstić information content (AvgIpc) is 3.27. The number of likely N-dealkylation sites (tertiary alicyclic amines) is 1. The highest BCUT2D eigenvalue weighted by atomic mass is 35.5. The van der Waals surface area contributed by atoms with Crippen molar-refractivity contribution in [3.63, 3.8) is 0 Å². The van der Waals surface area contributed by atoms with Gasteiger partial charge in [-0.3, -0.25) is 33.8 Å². The van der Waals surface area contributed by atoms with Crippen molar-refractivity contribution in [2.24, 2.45) is 11.7 Å². The number of amides is 1. The molecule has 0 bridgehead atoms. The summed E-state index contributed by atoms with van der Waals surface area (Å²) < 4.78 is 0. The summed E-state index contributed by atoms with van der Waals surface area (Å²) >= 11 is 24.7. The van der Waals surface area contributed by atoms with Crippen LogP contribution in [0.2, 0.25) is 20.1 Å². The van der Waals surface area contributed by atoms with Gasteiger partial charge in [-0.15, -0.1) is 0 Å². The second kappa shape index (κ2) is 22.4. The third-order valence-electron chi connectivity index (χ3n) is 11.0. The molecule has 18 heteroatoms. The molecular formula is C47H45Cl4N7O7. The molecule has 338 valence electrons. The molecule has 0 saturated carbocycles. The van der Waals surface area contributed by atoms with Crippen molar-refractivity contribution in [2.45, 2.75) is 70.3 Å². The largest absolute Gasteiger partial charge is 0.481 e. The predicted molar refractivity (Wildman–Crippen MR) is 252 cm³/mol. The minimum absolute atomic E-state index is 0.0131. The lowest BCUT2D eigenvalue weighted by atomic mass is 9.92. The zero-order valence-electron chi connectivity index (χ0n) is 35.0. The molecule has 1 saturated heterocycles. The second-order valence-electron chi connectivity index (χ2n) is 15.8. The van der Waals surface area contributed by atoms with Crippen LogP contribution in [-0.2, 0) is 32.0 Å². The van der Waals surface area contributed by atoms with E-state index in [2.05, 4.69) is 19.9 Å². The number of aryl methyl sites for hydroxylation is 2. The van der Waals surface area contributed by atoms with E-state index < -0.39 is 23.5 Å². The Hall–Kier alpha value is -5.77. The number of aromatic nitrogens is 4. The summed E-state index contributed by atoms with van der Waals surface area (Å²) in [6.45, 7) is 0.0542. The molecule has 0 unspecified atom stereocenters. The first-order valence-corrected chi connectivity index (χ1v) is 22.3. The highest BCUT2D eigenvalue weighted by molar-refractivity contribution is 6.42. The van der Waals surface area contributed by atoms with E-state index in [1.807, 2.05) is 0 Å². The number of anilines is 1. The molecule has 1 fully saturated rings. The standard InChI is InChI=1S/C47H45Cl4N7O7/c48-35-16-9-27(20-37(35)50)18-31-24-58(25-32(42(31)61)19-28-10-17-36(49)38(51)21-28)45(63)39(52)5-3-1-2-4-34(59)15-13-30(46(64)65)22-40(60)29-11-6-26(7-12-29)8-14-33-23-54-41-43(55-33)56-47(53)57-44(41)62/h6-7,9-12,16-21,23,30,39H,1-5,8,13-15,22,24-25,52H2,(H,64,65)(H3,53,55,56,57,62)/b31-18+,32-19+/t30-,39-/m1/s1. The van der Waals surface area contributed by atoms with Crippen LogP contribution in [0.15, 0.2) is 82.8 Å². The van der Waals surface area contributed by atoms with Crippen LogP contribution in [0.1, 0.15) is 84.1 Å². The van der Waals surface area contributed by atoms with Gasteiger partial charge in [0, 0.05) is 55.3 Å². The fraction of sp³-hybridized carbons (Fsp3) is 0.298. The number of fused-ring (bicyclic) bond motifs is 1. The molecule has 6 N–H and O–H groups in total. The lowest BCUT2D eigenvalue weighted by Gasteiger charge is -2.32. The van der Waals surface area contributed by atoms with Crippen LogP contribution in [-0.4, -0.2) is 78.3 Å². The third-order valence-corrected chi connectivity index (χ3v) is 12.4. The van der Waals surface area contributed by atoms with E-state index in [-0.39, 0.29) is 79.1 Å². The first-order valence-electron chi connectivity index (χ1n) is 20.8. The maximum absolute atomic E-state index is 13.7. The fourth-order valence-corrected chi connectivity index (χ4v) is 7.97. The van der Waals surface area contributed by atoms with Crippen molar-refractivity contribution >= 4 is 105 Å². The minimum atomic E-state index is -1.15. The van der Waals surface area contributed by atoms with Gasteiger partial charge in [-0.2, -0.15) is 4.98 Å². The maximum atomic E-state index is 13.7. The normalized spacial score (nSPS) is 15.1. The van der Waals surface area contributed by atoms with E-state index in [0.717, 1.165) is 5.56 Å². The van der Waals surface area contributed by atoms with Gasteiger partial charge in [0.25, 0.3) is 5.56 Å². The number of nitrogens with two attached hydrogens (primary N) is 2. The number of carbonyl (C=O) groups excluding carboxylic acids is 4. The van der Waals surface area contributed by atoms with E-state index in [4.69, 9.17) is 57.9 Å². The summed E-state index contributed by atoms with van der Waals surface area (Å²) in [5, 5.41) is 11.2. The molecule has 2 atom stereocenters. The summed E-state index contributed by atoms with van der Waals surface area (Å²) in [7, 11) is 0. The zero-order chi connectivity index (χ0) is 46.8. The number of halogens is 4. The highest BCUT2D eigenvalue weighted by Crippen LogP contribution is 2.29. The summed E-state index contributed by atoms with van der Waals surface area (Å²) in [6, 6.07) is 15.9. The number of aromatic amines is 1. The van der Waals surface area contributed by atoms with Gasteiger partial charge in [0.05, 0.1) is 37.7 Å². The monoisotopic (exact) mass is 959 g/mol. The molecule has 1 aliphatic heterocycles. The molecule has 1 amide bonds. The van der Waals surface area contributed by atoms with E-state index >= 15 is 0 Å². The number of hydrogen-bond donors (Lipinski definition) is 4. The molecule has 1 aliphatic rings. The van der Waals surface area contributed by atoms with Crippen molar-refractivity contribution in [3.05, 3.63) is 136 Å². The molecule has 5 aromatic rings. The number of benzene rings is 3. The number of carboxylic acids is 1. The van der Waals surface area contributed by atoms with E-state index in [1.165, 1.54) is 11.1 Å². The Kier molecular flexibility index (Phi) is 16.8. The fourth-order valence-electron chi connectivity index (χ4n) is 7.36. The predicted octanol–water partition coefficient (Wildman–Crippen LogP) is 8.17. The van der Waals surface area contributed by atoms with E-state index in [9.17, 15) is 33.9 Å². The molecule has 3 aromatic carbocycles. The number of nitrogen functional groups attached to an aromatic ring is 1. The number of nitrogens with one attached hydrogen (secondary N) is 1. The van der Waals surface area contributed by atoms with Gasteiger partial charge in [0.1, 0.15) is 5.78 Å². The number of unbranched alkanes of at least 4 members (excludes halogenated alkanes) is 2. The Labute approximate surface area is 394 Å². The van der Waals surface area contributed by atoms with Gasteiger partial charge in [0.15, 0.2) is 22.7 Å². The maximum Gasteiger partial charge on any atom is 0.306 e. The van der Waals surface area contributed by atoms with Crippen LogP contribution in [0.4, 0.5) is 5.95 Å². The molecule has 6 rings (SSSR count). The lowest BCUT2D eigenvalue weighted by Crippen LogP contribution is -2.48. The Morgan fingerprint density at radius 2 is 1.42 bits per heavy atom. The van der Waals surface area contributed by atoms with Gasteiger partial charge in [0.2, 0.25) is 11.9 Å². The average molecular weight is 962 g/mol. The van der Waals surface area contributed by atoms with Crippen LogP contribution in [0.25, 0.3) is 23.3 Å². The van der Waals surface area contributed by atoms with Gasteiger partial charge in [-0.25, -0.2) is 9.97 Å². The Bertz CT molecular complexity index is 2680. The number of nitrogens with zero attached hydrogens (tertiary/aromatic N) is 4. The number of H-pyrrole nitrogens is 1. The SMILES string of the molecule is Nc1nc2nc(CCc3ccc(C(=O)C[C@@H](CCC(=O)CCCCC[C@@H](N)C(=O)N4C/C(=C\c5ccc(Cl)c(Cl)c5)C(=O)/C(=C/c5ccc(Cl)c(Cl)c5)C4)C(=O)O)cc3)cnc2c(=O)[nH]1. The number of carbonyl (C=O) groups is 5. The van der Waals surface area contributed by atoms with Crippen molar-refractivity contribution in [2.75, 3.05) is 18.8 Å². The quantitative estimate of drug-likeness (QED) is 0.0349. The highest BCUT2D eigenvalue weighted by Gasteiger charge is 2.31. The van der Waals surface area contributed by atoms with Gasteiger partial charge in [-0.05, 0) is 85.2 Å². The third kappa shape index (κ3) is 13.4. The summed E-state index contributed by atoms with van der Waals surface area (Å²) in [4.78, 5) is 93.8. The summed E-state index contributed by atoms with van der Waals surface area (Å²) in [5.41, 5.74) is 15.6. The molecule has 2 aromatic heterocycles. The molecule has 0 spiro atoms. The van der Waals surface area contributed by atoms with Gasteiger partial charge < -0.3 is 21.5 Å². The number of aliphatic carboxylic acids is 1. The summed E-state index contributed by atoms with van der Waals surface area (Å²) in [5.74, 6) is -3.27. The topological polar surface area (TPSA) is 232 Å². The Balaban J connectivity index is 0.947. The van der Waals surface area contributed by atoms with Crippen molar-refractivity contribution in [3.8, 4) is 0 Å². The first kappa shape index (κ1) is 48.7. The number of carboxylic acid groups (broad SMARTS) is 1. The second-order valence-corrected chi connectivity index (χ2v) is 17.5. The summed E-state index contributed by atoms with van der Waals surface area (Å²) in [6.07, 6.45) is 7.92. The van der Waals surface area contributed by atoms with Crippen LogP contribution < -0.4 is 17.0 Å². The van der Waals surface area contributed by atoms with E-state index in [0.29, 0.717) is 92.1 Å². The number of rotatable bonds is 19. The van der Waals surface area contributed by atoms with Crippen LogP contribution in [0, 0.1) is 5.92 Å². The molecule has 14 nitrogen and oxygen atoms in total. The van der Waals surface area contributed by atoms with Crippen molar-refractivity contribution < 1.29 is 29.1 Å². The number of hydrogen-bond acceptors (Lipinski definition) is 11. The van der Waals surface area contributed by atoms with Crippen molar-refractivity contribution in [1.29, 1.82) is 0 Å².